The maximum absolute atomic E-state index is 12.6. The third kappa shape index (κ3) is 3.50. The lowest BCUT2D eigenvalue weighted by Gasteiger charge is -2.21. The zero-order valence-corrected chi connectivity index (χ0v) is 12.3. The number of hydrogen-bond acceptors (Lipinski definition) is 3. The molecule has 0 aliphatic carbocycles. The summed E-state index contributed by atoms with van der Waals surface area (Å²) in [5, 5.41) is 10.5. The molecule has 2 rings (SSSR count). The molecule has 0 aliphatic rings. The van der Waals surface area contributed by atoms with Crippen LogP contribution in [0.3, 0.4) is 0 Å². The average molecular weight is 284 g/mol. The number of aliphatic hydroxyl groups is 1. The molecule has 0 fully saturated rings. The SMILES string of the molecule is CC[C@@H](C(=O)c1ccc(OC)cc1)[C@H](O)c1ccccc1. The van der Waals surface area contributed by atoms with Gasteiger partial charge in [-0.05, 0) is 36.2 Å². The number of benzene rings is 2. The summed E-state index contributed by atoms with van der Waals surface area (Å²) in [7, 11) is 1.59. The second-order valence-electron chi connectivity index (χ2n) is 4.96. The van der Waals surface area contributed by atoms with E-state index in [0.717, 1.165) is 5.56 Å². The number of rotatable bonds is 6. The molecule has 3 nitrogen and oxygen atoms in total. The van der Waals surface area contributed by atoms with Crippen molar-refractivity contribution in [1.29, 1.82) is 0 Å². The van der Waals surface area contributed by atoms with Gasteiger partial charge in [0.15, 0.2) is 5.78 Å². The predicted molar refractivity (Wildman–Crippen MR) is 82.5 cm³/mol. The zero-order chi connectivity index (χ0) is 15.2. The Hall–Kier alpha value is -2.13. The van der Waals surface area contributed by atoms with E-state index < -0.39 is 12.0 Å². The van der Waals surface area contributed by atoms with Crippen molar-refractivity contribution in [3.8, 4) is 5.75 Å². The van der Waals surface area contributed by atoms with Gasteiger partial charge in [0.05, 0.1) is 19.1 Å². The van der Waals surface area contributed by atoms with Crippen molar-refractivity contribution in [2.24, 2.45) is 5.92 Å². The number of aliphatic hydroxyl groups excluding tert-OH is 1. The van der Waals surface area contributed by atoms with E-state index in [1.54, 1.807) is 31.4 Å². The molecule has 0 aliphatic heterocycles. The van der Waals surface area contributed by atoms with Crippen molar-refractivity contribution < 1.29 is 14.6 Å². The third-order valence-electron chi connectivity index (χ3n) is 3.67. The van der Waals surface area contributed by atoms with E-state index in [2.05, 4.69) is 0 Å². The van der Waals surface area contributed by atoms with Gasteiger partial charge in [0.25, 0.3) is 0 Å². The van der Waals surface area contributed by atoms with Gasteiger partial charge in [0, 0.05) is 5.56 Å². The molecule has 0 saturated heterocycles. The molecule has 21 heavy (non-hydrogen) atoms. The molecule has 0 bridgehead atoms. The van der Waals surface area contributed by atoms with Gasteiger partial charge in [-0.25, -0.2) is 0 Å². The number of Topliss-reactive ketones (excluding diaryl/α,β-unsaturated/α-hetero) is 1. The van der Waals surface area contributed by atoms with Crippen molar-refractivity contribution in [2.75, 3.05) is 7.11 Å². The molecule has 110 valence electrons. The highest BCUT2D eigenvalue weighted by Crippen LogP contribution is 2.28. The smallest absolute Gasteiger partial charge is 0.168 e. The number of ether oxygens (including phenoxy) is 1. The summed E-state index contributed by atoms with van der Waals surface area (Å²) in [5.74, 6) is 0.223. The Bertz CT molecular complexity index is 575. The highest BCUT2D eigenvalue weighted by atomic mass is 16.5. The first kappa shape index (κ1) is 15.3. The normalized spacial score (nSPS) is 13.5. The fourth-order valence-corrected chi connectivity index (χ4v) is 2.40. The summed E-state index contributed by atoms with van der Waals surface area (Å²) in [6.07, 6.45) is -0.202. The Labute approximate surface area is 125 Å². The van der Waals surface area contributed by atoms with Crippen LogP contribution in [-0.4, -0.2) is 18.0 Å². The lowest BCUT2D eigenvalue weighted by Crippen LogP contribution is -2.22. The van der Waals surface area contributed by atoms with Crippen LogP contribution < -0.4 is 4.74 Å². The van der Waals surface area contributed by atoms with Crippen LogP contribution >= 0.6 is 0 Å². The topological polar surface area (TPSA) is 46.5 Å². The maximum Gasteiger partial charge on any atom is 0.168 e. The molecule has 2 aromatic rings. The molecule has 2 aromatic carbocycles. The van der Waals surface area contributed by atoms with Gasteiger partial charge < -0.3 is 9.84 Å². The summed E-state index contributed by atoms with van der Waals surface area (Å²) < 4.78 is 5.09. The van der Waals surface area contributed by atoms with Crippen LogP contribution in [-0.2, 0) is 0 Å². The Balaban J connectivity index is 2.21. The average Bonchev–Trinajstić information content (AvgIpc) is 2.56. The highest BCUT2D eigenvalue weighted by Gasteiger charge is 2.27. The quantitative estimate of drug-likeness (QED) is 0.824. The van der Waals surface area contributed by atoms with Gasteiger partial charge in [-0.3, -0.25) is 4.79 Å². The minimum atomic E-state index is -0.786. The second kappa shape index (κ2) is 7.04. The Morgan fingerprint density at radius 1 is 1.10 bits per heavy atom. The summed E-state index contributed by atoms with van der Waals surface area (Å²) in [5.41, 5.74) is 1.36. The van der Waals surface area contributed by atoms with Gasteiger partial charge in [-0.1, -0.05) is 37.3 Å². The minimum Gasteiger partial charge on any atom is -0.497 e. The lowest BCUT2D eigenvalue weighted by molar-refractivity contribution is 0.0667. The van der Waals surface area contributed by atoms with E-state index >= 15 is 0 Å². The van der Waals surface area contributed by atoms with Crippen LogP contribution in [0, 0.1) is 5.92 Å². The first-order valence-corrected chi connectivity index (χ1v) is 7.08. The Morgan fingerprint density at radius 3 is 2.24 bits per heavy atom. The molecular formula is C18H20O3. The van der Waals surface area contributed by atoms with Crippen LogP contribution in [0.2, 0.25) is 0 Å². The van der Waals surface area contributed by atoms with E-state index in [1.165, 1.54) is 0 Å². The summed E-state index contributed by atoms with van der Waals surface area (Å²) in [6.45, 7) is 1.91. The van der Waals surface area contributed by atoms with Crippen molar-refractivity contribution in [3.05, 3.63) is 65.7 Å². The fraction of sp³-hybridized carbons (Fsp3) is 0.278. The molecule has 0 unspecified atom stereocenters. The second-order valence-corrected chi connectivity index (χ2v) is 4.96. The van der Waals surface area contributed by atoms with E-state index in [4.69, 9.17) is 4.74 Å². The molecular weight excluding hydrogens is 264 g/mol. The van der Waals surface area contributed by atoms with Crippen LogP contribution in [0.25, 0.3) is 0 Å². The molecule has 1 N–H and O–H groups in total. The molecule has 0 amide bonds. The summed E-state index contributed by atoms with van der Waals surface area (Å²) >= 11 is 0. The van der Waals surface area contributed by atoms with Crippen molar-refractivity contribution in [1.82, 2.24) is 0 Å². The first-order valence-electron chi connectivity index (χ1n) is 7.08. The number of hydrogen-bond donors (Lipinski definition) is 1. The molecule has 0 spiro atoms. The van der Waals surface area contributed by atoms with E-state index in [0.29, 0.717) is 17.7 Å². The molecule has 3 heteroatoms. The predicted octanol–water partition coefficient (Wildman–Crippen LogP) is 3.64. The maximum atomic E-state index is 12.6. The monoisotopic (exact) mass is 284 g/mol. The third-order valence-corrected chi connectivity index (χ3v) is 3.67. The van der Waals surface area contributed by atoms with Crippen LogP contribution in [0.15, 0.2) is 54.6 Å². The molecule has 0 saturated carbocycles. The molecule has 0 heterocycles. The van der Waals surface area contributed by atoms with Gasteiger partial charge >= 0.3 is 0 Å². The van der Waals surface area contributed by atoms with Gasteiger partial charge in [-0.15, -0.1) is 0 Å². The number of ketones is 1. The molecule has 0 radical (unpaired) electrons. The Kier molecular flexibility index (Phi) is 5.12. The highest BCUT2D eigenvalue weighted by molar-refractivity contribution is 5.98. The van der Waals surface area contributed by atoms with Crippen molar-refractivity contribution in [3.63, 3.8) is 0 Å². The van der Waals surface area contributed by atoms with Crippen LogP contribution in [0.1, 0.15) is 35.4 Å². The van der Waals surface area contributed by atoms with Gasteiger partial charge in [0.1, 0.15) is 5.75 Å². The van der Waals surface area contributed by atoms with Gasteiger partial charge in [-0.2, -0.15) is 0 Å². The van der Waals surface area contributed by atoms with E-state index in [1.807, 2.05) is 37.3 Å². The number of carbonyl (C=O) groups is 1. The van der Waals surface area contributed by atoms with Gasteiger partial charge in [0.2, 0.25) is 0 Å². The lowest BCUT2D eigenvalue weighted by atomic mass is 9.87. The first-order chi connectivity index (χ1) is 10.2. The summed E-state index contributed by atoms with van der Waals surface area (Å²) in [6, 6.07) is 16.3. The molecule has 2 atom stereocenters. The van der Waals surface area contributed by atoms with Crippen molar-refractivity contribution >= 4 is 5.78 Å². The Morgan fingerprint density at radius 2 is 1.71 bits per heavy atom. The zero-order valence-electron chi connectivity index (χ0n) is 12.3. The number of methoxy groups -OCH3 is 1. The summed E-state index contributed by atoms with van der Waals surface area (Å²) in [4.78, 5) is 12.6. The van der Waals surface area contributed by atoms with E-state index in [9.17, 15) is 9.90 Å². The van der Waals surface area contributed by atoms with Crippen LogP contribution in [0.5, 0.6) is 5.75 Å². The van der Waals surface area contributed by atoms with Crippen LogP contribution in [0.4, 0.5) is 0 Å². The minimum absolute atomic E-state index is 0.0449. The number of carbonyl (C=O) groups excluding carboxylic acids is 1. The standard InChI is InChI=1S/C18H20O3/c1-3-16(17(19)13-7-5-4-6-8-13)18(20)14-9-11-15(21-2)12-10-14/h4-12,16-17,19H,3H2,1-2H3/t16-,17-/m1/s1. The van der Waals surface area contributed by atoms with E-state index in [-0.39, 0.29) is 5.78 Å². The van der Waals surface area contributed by atoms with Crippen molar-refractivity contribution in [2.45, 2.75) is 19.4 Å². The molecule has 0 aromatic heterocycles. The fourth-order valence-electron chi connectivity index (χ4n) is 2.40. The largest absolute Gasteiger partial charge is 0.497 e.